The van der Waals surface area contributed by atoms with Crippen molar-refractivity contribution < 1.29 is 9.47 Å². The molecule has 0 spiro atoms. The smallest absolute Gasteiger partial charge is 0.119 e. The van der Waals surface area contributed by atoms with Crippen LogP contribution < -0.4 is 10.1 Å². The fourth-order valence-electron chi connectivity index (χ4n) is 1.37. The Hall–Kier alpha value is -0.840. The summed E-state index contributed by atoms with van der Waals surface area (Å²) in [5.41, 5.74) is 0. The predicted molar refractivity (Wildman–Crippen MR) is 78.1 cm³/mol. The molecule has 0 radical (unpaired) electrons. The second kappa shape index (κ2) is 9.14. The van der Waals surface area contributed by atoms with Crippen LogP contribution in [-0.2, 0) is 4.74 Å². The SMILES string of the molecule is C=CCOC(C)CNCCOc1ccc(Br)cc1. The summed E-state index contributed by atoms with van der Waals surface area (Å²) in [6, 6.07) is 7.82. The van der Waals surface area contributed by atoms with Crippen LogP contribution >= 0.6 is 15.9 Å². The summed E-state index contributed by atoms with van der Waals surface area (Å²) in [5.74, 6) is 0.885. The number of rotatable bonds is 9. The van der Waals surface area contributed by atoms with E-state index in [0.717, 1.165) is 23.3 Å². The predicted octanol–water partition coefficient (Wildman–Crippen LogP) is 3.01. The van der Waals surface area contributed by atoms with Gasteiger partial charge in [-0.3, -0.25) is 0 Å². The molecule has 0 amide bonds. The Labute approximate surface area is 117 Å². The molecule has 0 aromatic heterocycles. The monoisotopic (exact) mass is 313 g/mol. The summed E-state index contributed by atoms with van der Waals surface area (Å²) in [6.45, 7) is 8.51. The molecule has 0 fully saturated rings. The van der Waals surface area contributed by atoms with Gasteiger partial charge in [-0.05, 0) is 31.2 Å². The summed E-state index contributed by atoms with van der Waals surface area (Å²) < 4.78 is 12.1. The molecular weight excluding hydrogens is 294 g/mol. The highest BCUT2D eigenvalue weighted by molar-refractivity contribution is 9.10. The van der Waals surface area contributed by atoms with Crippen molar-refractivity contribution in [1.82, 2.24) is 5.32 Å². The summed E-state index contributed by atoms with van der Waals surface area (Å²) in [4.78, 5) is 0. The molecule has 1 aromatic rings. The van der Waals surface area contributed by atoms with Gasteiger partial charge in [0.25, 0.3) is 0 Å². The Morgan fingerprint density at radius 3 is 2.78 bits per heavy atom. The molecule has 0 bridgehead atoms. The molecule has 0 aliphatic heterocycles. The second-order valence-electron chi connectivity index (χ2n) is 3.94. The van der Waals surface area contributed by atoms with Crippen LogP contribution in [0.4, 0.5) is 0 Å². The van der Waals surface area contributed by atoms with E-state index in [9.17, 15) is 0 Å². The highest BCUT2D eigenvalue weighted by Crippen LogP contribution is 2.15. The molecule has 0 saturated heterocycles. The average molecular weight is 314 g/mol. The quantitative estimate of drug-likeness (QED) is 0.561. The molecule has 100 valence electrons. The molecular formula is C14H20BrNO2. The van der Waals surface area contributed by atoms with Gasteiger partial charge in [0, 0.05) is 17.6 Å². The van der Waals surface area contributed by atoms with Gasteiger partial charge < -0.3 is 14.8 Å². The van der Waals surface area contributed by atoms with E-state index in [1.807, 2.05) is 31.2 Å². The van der Waals surface area contributed by atoms with Crippen LogP contribution in [0.3, 0.4) is 0 Å². The summed E-state index contributed by atoms with van der Waals surface area (Å²) in [6.07, 6.45) is 1.95. The maximum atomic E-state index is 5.58. The van der Waals surface area contributed by atoms with Crippen LogP contribution in [0.25, 0.3) is 0 Å². The number of benzene rings is 1. The topological polar surface area (TPSA) is 30.5 Å². The highest BCUT2D eigenvalue weighted by Gasteiger charge is 1.99. The molecule has 18 heavy (non-hydrogen) atoms. The second-order valence-corrected chi connectivity index (χ2v) is 4.85. The van der Waals surface area contributed by atoms with Crippen LogP contribution in [0, 0.1) is 0 Å². The van der Waals surface area contributed by atoms with Gasteiger partial charge in [-0.15, -0.1) is 6.58 Å². The maximum Gasteiger partial charge on any atom is 0.119 e. The van der Waals surface area contributed by atoms with E-state index in [0.29, 0.717) is 13.2 Å². The van der Waals surface area contributed by atoms with Crippen molar-refractivity contribution in [3.63, 3.8) is 0 Å². The van der Waals surface area contributed by atoms with Crippen molar-refractivity contribution in [2.45, 2.75) is 13.0 Å². The average Bonchev–Trinajstić information content (AvgIpc) is 2.38. The number of hydrogen-bond acceptors (Lipinski definition) is 3. The van der Waals surface area contributed by atoms with Gasteiger partial charge in [0.15, 0.2) is 0 Å². The standard InChI is InChI=1S/C14H20BrNO2/c1-3-9-17-12(2)11-16-8-10-18-14-6-4-13(15)5-7-14/h3-7,12,16H,1,8-11H2,2H3. The van der Waals surface area contributed by atoms with E-state index in [2.05, 4.69) is 27.8 Å². The van der Waals surface area contributed by atoms with Crippen molar-refractivity contribution in [1.29, 1.82) is 0 Å². The Morgan fingerprint density at radius 2 is 2.11 bits per heavy atom. The van der Waals surface area contributed by atoms with E-state index in [-0.39, 0.29) is 6.10 Å². The van der Waals surface area contributed by atoms with Crippen molar-refractivity contribution in [2.24, 2.45) is 0 Å². The lowest BCUT2D eigenvalue weighted by atomic mass is 10.3. The van der Waals surface area contributed by atoms with Gasteiger partial charge >= 0.3 is 0 Å². The lowest BCUT2D eigenvalue weighted by Crippen LogP contribution is -2.30. The summed E-state index contributed by atoms with van der Waals surface area (Å²) in [5, 5.41) is 3.28. The molecule has 4 heteroatoms. The van der Waals surface area contributed by atoms with Crippen LogP contribution in [0.1, 0.15) is 6.92 Å². The maximum absolute atomic E-state index is 5.58. The zero-order chi connectivity index (χ0) is 13.2. The number of ether oxygens (including phenoxy) is 2. The van der Waals surface area contributed by atoms with E-state index < -0.39 is 0 Å². The Kier molecular flexibility index (Phi) is 7.73. The Bertz CT molecular complexity index is 340. The minimum Gasteiger partial charge on any atom is -0.492 e. The first kappa shape index (κ1) is 15.2. The molecule has 1 rings (SSSR count). The van der Waals surface area contributed by atoms with E-state index >= 15 is 0 Å². The summed E-state index contributed by atoms with van der Waals surface area (Å²) >= 11 is 3.39. The fraction of sp³-hybridized carbons (Fsp3) is 0.429. The highest BCUT2D eigenvalue weighted by atomic mass is 79.9. The van der Waals surface area contributed by atoms with Gasteiger partial charge in [-0.1, -0.05) is 22.0 Å². The summed E-state index contributed by atoms with van der Waals surface area (Å²) in [7, 11) is 0. The third-order valence-corrected chi connectivity index (χ3v) is 2.82. The van der Waals surface area contributed by atoms with Crippen molar-refractivity contribution in [3.05, 3.63) is 41.4 Å². The zero-order valence-corrected chi connectivity index (χ0v) is 12.3. The molecule has 1 aromatic carbocycles. The molecule has 0 aliphatic carbocycles. The van der Waals surface area contributed by atoms with Gasteiger partial charge in [-0.25, -0.2) is 0 Å². The molecule has 0 heterocycles. The van der Waals surface area contributed by atoms with E-state index in [1.54, 1.807) is 6.08 Å². The molecule has 0 aliphatic rings. The fourth-order valence-corrected chi connectivity index (χ4v) is 1.63. The van der Waals surface area contributed by atoms with Crippen molar-refractivity contribution >= 4 is 15.9 Å². The number of halogens is 1. The lowest BCUT2D eigenvalue weighted by Gasteiger charge is -2.13. The minimum absolute atomic E-state index is 0.190. The zero-order valence-electron chi connectivity index (χ0n) is 10.7. The van der Waals surface area contributed by atoms with Gasteiger partial charge in [-0.2, -0.15) is 0 Å². The van der Waals surface area contributed by atoms with Gasteiger partial charge in [0.1, 0.15) is 12.4 Å². The van der Waals surface area contributed by atoms with Gasteiger partial charge in [0.05, 0.1) is 12.7 Å². The van der Waals surface area contributed by atoms with Crippen molar-refractivity contribution in [2.75, 3.05) is 26.3 Å². The third-order valence-electron chi connectivity index (χ3n) is 2.29. The Balaban J connectivity index is 2.04. The van der Waals surface area contributed by atoms with E-state index in [1.165, 1.54) is 0 Å². The first-order valence-corrected chi connectivity index (χ1v) is 6.83. The van der Waals surface area contributed by atoms with Crippen LogP contribution in [-0.4, -0.2) is 32.4 Å². The molecule has 1 N–H and O–H groups in total. The minimum atomic E-state index is 0.190. The normalized spacial score (nSPS) is 12.1. The largest absolute Gasteiger partial charge is 0.492 e. The number of nitrogens with one attached hydrogen (secondary N) is 1. The lowest BCUT2D eigenvalue weighted by molar-refractivity contribution is 0.0873. The molecule has 1 atom stereocenters. The first-order valence-electron chi connectivity index (χ1n) is 6.04. The van der Waals surface area contributed by atoms with Crippen LogP contribution in [0.5, 0.6) is 5.75 Å². The van der Waals surface area contributed by atoms with Gasteiger partial charge in [0.2, 0.25) is 0 Å². The molecule has 0 saturated carbocycles. The van der Waals surface area contributed by atoms with Crippen LogP contribution in [0.2, 0.25) is 0 Å². The van der Waals surface area contributed by atoms with E-state index in [4.69, 9.17) is 9.47 Å². The third kappa shape index (κ3) is 6.79. The van der Waals surface area contributed by atoms with Crippen LogP contribution in [0.15, 0.2) is 41.4 Å². The number of hydrogen-bond donors (Lipinski definition) is 1. The van der Waals surface area contributed by atoms with Crippen molar-refractivity contribution in [3.8, 4) is 5.75 Å². The Morgan fingerprint density at radius 1 is 1.39 bits per heavy atom. The molecule has 1 unspecified atom stereocenters. The molecule has 3 nitrogen and oxygen atoms in total. The first-order chi connectivity index (χ1) is 8.72.